The van der Waals surface area contributed by atoms with E-state index in [1.807, 2.05) is 18.5 Å². The highest BCUT2D eigenvalue weighted by Crippen LogP contribution is 2.22. The lowest BCUT2D eigenvalue weighted by Gasteiger charge is -2.30. The van der Waals surface area contributed by atoms with Crippen molar-refractivity contribution in [1.82, 2.24) is 14.9 Å². The molecule has 2 aromatic rings. The minimum Gasteiger partial charge on any atom is -0.330 e. The summed E-state index contributed by atoms with van der Waals surface area (Å²) in [6.45, 7) is 13.4. The van der Waals surface area contributed by atoms with Gasteiger partial charge in [0.2, 0.25) is 0 Å². The second kappa shape index (κ2) is 9.79. The van der Waals surface area contributed by atoms with Crippen LogP contribution < -0.4 is 5.73 Å². The van der Waals surface area contributed by atoms with Crippen LogP contribution in [0.1, 0.15) is 67.6 Å². The fourth-order valence-electron chi connectivity index (χ4n) is 3.37. The van der Waals surface area contributed by atoms with Gasteiger partial charge in [-0.25, -0.2) is 0 Å². The predicted octanol–water partition coefficient (Wildman–Crippen LogP) is 4.35. The number of nitrogens with two attached hydrogens (primary N) is 1. The van der Waals surface area contributed by atoms with Gasteiger partial charge in [0.1, 0.15) is 0 Å². The summed E-state index contributed by atoms with van der Waals surface area (Å²) in [5.74, 6) is 0.471. The van der Waals surface area contributed by atoms with E-state index in [0.717, 1.165) is 38.2 Å². The highest BCUT2D eigenvalue weighted by Gasteiger charge is 2.19. The third-order valence-electron chi connectivity index (χ3n) is 5.03. The molecule has 2 rings (SSSR count). The van der Waals surface area contributed by atoms with Crippen molar-refractivity contribution < 1.29 is 0 Å². The molecule has 142 valence electrons. The van der Waals surface area contributed by atoms with Crippen LogP contribution in [0.3, 0.4) is 0 Å². The van der Waals surface area contributed by atoms with E-state index in [9.17, 15) is 0 Å². The van der Waals surface area contributed by atoms with Gasteiger partial charge in [0.15, 0.2) is 0 Å². The first-order valence-electron chi connectivity index (χ1n) is 9.72. The van der Waals surface area contributed by atoms with Gasteiger partial charge >= 0.3 is 0 Å². The van der Waals surface area contributed by atoms with Crippen LogP contribution in [-0.2, 0) is 13.1 Å². The van der Waals surface area contributed by atoms with Crippen LogP contribution in [0.2, 0.25) is 0 Å². The SMILES string of the molecule is Cc1cnc(CN(Cc2ncccc2C(C)C)C(C)CCCN)c(C)c1. The van der Waals surface area contributed by atoms with Crippen LogP contribution in [0.5, 0.6) is 0 Å². The van der Waals surface area contributed by atoms with Gasteiger partial charge in [0.25, 0.3) is 0 Å². The Morgan fingerprint density at radius 2 is 1.81 bits per heavy atom. The summed E-state index contributed by atoms with van der Waals surface area (Å²) in [6.07, 6.45) is 5.99. The molecule has 0 fully saturated rings. The van der Waals surface area contributed by atoms with Gasteiger partial charge in [-0.3, -0.25) is 14.9 Å². The van der Waals surface area contributed by atoms with Crippen LogP contribution >= 0.6 is 0 Å². The Hall–Kier alpha value is -1.78. The lowest BCUT2D eigenvalue weighted by molar-refractivity contribution is 0.174. The van der Waals surface area contributed by atoms with Crippen molar-refractivity contribution in [3.63, 3.8) is 0 Å². The summed E-state index contributed by atoms with van der Waals surface area (Å²) in [7, 11) is 0. The third-order valence-corrected chi connectivity index (χ3v) is 5.03. The van der Waals surface area contributed by atoms with E-state index in [2.05, 4.69) is 51.7 Å². The summed E-state index contributed by atoms with van der Waals surface area (Å²) in [6, 6.07) is 6.88. The molecule has 0 spiro atoms. The topological polar surface area (TPSA) is 55.0 Å². The van der Waals surface area contributed by atoms with Gasteiger partial charge in [-0.15, -0.1) is 0 Å². The summed E-state index contributed by atoms with van der Waals surface area (Å²) in [4.78, 5) is 11.9. The lowest BCUT2D eigenvalue weighted by Crippen LogP contribution is -2.34. The number of pyridine rings is 2. The van der Waals surface area contributed by atoms with Gasteiger partial charge in [0, 0.05) is 31.5 Å². The highest BCUT2D eigenvalue weighted by molar-refractivity contribution is 5.25. The van der Waals surface area contributed by atoms with Gasteiger partial charge in [-0.1, -0.05) is 26.0 Å². The molecule has 0 saturated heterocycles. The number of hydrogen-bond donors (Lipinski definition) is 1. The Balaban J connectivity index is 2.26. The number of nitrogens with zero attached hydrogens (tertiary/aromatic N) is 3. The lowest BCUT2D eigenvalue weighted by atomic mass is 10.0. The smallest absolute Gasteiger partial charge is 0.0578 e. The van der Waals surface area contributed by atoms with Crippen LogP contribution in [-0.4, -0.2) is 27.5 Å². The van der Waals surface area contributed by atoms with Crippen LogP contribution in [0.25, 0.3) is 0 Å². The molecule has 2 N–H and O–H groups in total. The number of aryl methyl sites for hydroxylation is 2. The molecule has 0 saturated carbocycles. The zero-order valence-electron chi connectivity index (χ0n) is 17.0. The zero-order chi connectivity index (χ0) is 19.1. The number of rotatable bonds is 9. The minimum atomic E-state index is 0.433. The van der Waals surface area contributed by atoms with Gasteiger partial charge in [-0.05, 0) is 68.8 Å². The molecular weight excluding hydrogens is 320 g/mol. The summed E-state index contributed by atoms with van der Waals surface area (Å²) in [5.41, 5.74) is 11.9. The molecule has 2 aromatic heterocycles. The Bertz CT molecular complexity index is 696. The average molecular weight is 355 g/mol. The molecule has 0 aromatic carbocycles. The Morgan fingerprint density at radius 1 is 1.08 bits per heavy atom. The van der Waals surface area contributed by atoms with E-state index in [4.69, 9.17) is 15.7 Å². The van der Waals surface area contributed by atoms with E-state index in [-0.39, 0.29) is 0 Å². The summed E-state index contributed by atoms with van der Waals surface area (Å²) >= 11 is 0. The largest absolute Gasteiger partial charge is 0.330 e. The first-order valence-corrected chi connectivity index (χ1v) is 9.72. The maximum atomic E-state index is 5.74. The maximum absolute atomic E-state index is 5.74. The van der Waals surface area contributed by atoms with E-state index < -0.39 is 0 Å². The van der Waals surface area contributed by atoms with Crippen LogP contribution in [0, 0.1) is 13.8 Å². The second-order valence-electron chi connectivity index (χ2n) is 7.66. The van der Waals surface area contributed by atoms with Crippen molar-refractivity contribution in [3.05, 3.63) is 58.7 Å². The Kier molecular flexibility index (Phi) is 7.73. The van der Waals surface area contributed by atoms with Crippen LogP contribution in [0.15, 0.2) is 30.6 Å². The van der Waals surface area contributed by atoms with Crippen molar-refractivity contribution in [3.8, 4) is 0 Å². The molecule has 0 aliphatic carbocycles. The van der Waals surface area contributed by atoms with Crippen molar-refractivity contribution in [2.75, 3.05) is 6.54 Å². The Labute approximate surface area is 158 Å². The molecule has 0 amide bonds. The van der Waals surface area contributed by atoms with Gasteiger partial charge in [0.05, 0.1) is 11.4 Å². The molecule has 1 atom stereocenters. The van der Waals surface area contributed by atoms with Crippen LogP contribution in [0.4, 0.5) is 0 Å². The molecule has 4 heteroatoms. The molecule has 26 heavy (non-hydrogen) atoms. The highest BCUT2D eigenvalue weighted by atomic mass is 15.2. The third kappa shape index (κ3) is 5.61. The Morgan fingerprint density at radius 3 is 2.46 bits per heavy atom. The molecule has 4 nitrogen and oxygen atoms in total. The number of aromatic nitrogens is 2. The van der Waals surface area contributed by atoms with E-state index in [1.54, 1.807) is 0 Å². The van der Waals surface area contributed by atoms with E-state index >= 15 is 0 Å². The monoisotopic (exact) mass is 354 g/mol. The van der Waals surface area contributed by atoms with Crippen molar-refractivity contribution >= 4 is 0 Å². The molecule has 2 heterocycles. The predicted molar refractivity (Wildman–Crippen MR) is 109 cm³/mol. The van der Waals surface area contributed by atoms with Crippen molar-refractivity contribution in [2.45, 2.75) is 72.5 Å². The molecule has 0 aliphatic heterocycles. The molecule has 0 aliphatic rings. The van der Waals surface area contributed by atoms with Gasteiger partial charge < -0.3 is 5.73 Å². The average Bonchev–Trinajstić information content (AvgIpc) is 2.61. The quantitative estimate of drug-likeness (QED) is 0.727. The van der Waals surface area contributed by atoms with E-state index in [1.165, 1.54) is 22.4 Å². The maximum Gasteiger partial charge on any atom is 0.0578 e. The van der Waals surface area contributed by atoms with Crippen molar-refractivity contribution in [1.29, 1.82) is 0 Å². The molecule has 0 bridgehead atoms. The fourth-order valence-corrected chi connectivity index (χ4v) is 3.37. The van der Waals surface area contributed by atoms with E-state index in [0.29, 0.717) is 12.0 Å². The summed E-state index contributed by atoms with van der Waals surface area (Å²) in [5, 5.41) is 0. The molecular formula is C22H34N4. The minimum absolute atomic E-state index is 0.433. The van der Waals surface area contributed by atoms with Crippen molar-refractivity contribution in [2.24, 2.45) is 5.73 Å². The number of hydrogen-bond acceptors (Lipinski definition) is 4. The molecule has 1 unspecified atom stereocenters. The first kappa shape index (κ1) is 20.5. The second-order valence-corrected chi connectivity index (χ2v) is 7.66. The normalized spacial score (nSPS) is 12.8. The zero-order valence-corrected chi connectivity index (χ0v) is 17.0. The first-order chi connectivity index (χ1) is 12.4. The summed E-state index contributed by atoms with van der Waals surface area (Å²) < 4.78 is 0. The fraction of sp³-hybridized carbons (Fsp3) is 0.545. The van der Waals surface area contributed by atoms with Gasteiger partial charge in [-0.2, -0.15) is 0 Å². The molecule has 0 radical (unpaired) electrons. The standard InChI is InChI=1S/C22H34N4/c1-16(2)20-9-7-11-24-22(20)15-26(19(5)8-6-10-23)14-21-18(4)12-17(3)13-25-21/h7,9,11-13,16,19H,6,8,10,14-15,23H2,1-5H3.